The highest BCUT2D eigenvalue weighted by Crippen LogP contribution is 2.32. The minimum Gasteiger partial charge on any atom is -0.384 e. The Bertz CT molecular complexity index is 427. The second-order valence-electron chi connectivity index (χ2n) is 6.87. The Labute approximate surface area is 150 Å². The highest BCUT2D eigenvalue weighted by Gasteiger charge is 2.42. The lowest BCUT2D eigenvalue weighted by molar-refractivity contribution is -0.149. The molecule has 2 N–H and O–H groups in total. The molecule has 2 heterocycles. The SMILES string of the molecule is COCCNC(=O)CN1CCN(C(=O)C2(COC)CCNCC2)CC1. The van der Waals surface area contributed by atoms with Gasteiger partial charge in [0.1, 0.15) is 0 Å². The molecule has 2 rings (SSSR count). The van der Waals surface area contributed by atoms with E-state index in [1.807, 2.05) is 4.90 Å². The Morgan fingerprint density at radius 3 is 2.36 bits per heavy atom. The third-order valence-corrected chi connectivity index (χ3v) is 5.09. The molecule has 25 heavy (non-hydrogen) atoms. The quantitative estimate of drug-likeness (QED) is 0.538. The fraction of sp³-hybridized carbons (Fsp3) is 0.882. The van der Waals surface area contributed by atoms with Gasteiger partial charge in [-0.2, -0.15) is 0 Å². The van der Waals surface area contributed by atoms with Gasteiger partial charge in [-0.15, -0.1) is 0 Å². The third kappa shape index (κ3) is 5.64. The molecular weight excluding hydrogens is 324 g/mol. The van der Waals surface area contributed by atoms with Gasteiger partial charge in [-0.3, -0.25) is 14.5 Å². The van der Waals surface area contributed by atoms with Crippen LogP contribution in [-0.2, 0) is 19.1 Å². The highest BCUT2D eigenvalue weighted by molar-refractivity contribution is 5.83. The number of nitrogens with one attached hydrogen (secondary N) is 2. The molecule has 0 aromatic rings. The topological polar surface area (TPSA) is 83.1 Å². The maximum Gasteiger partial charge on any atom is 0.234 e. The van der Waals surface area contributed by atoms with Gasteiger partial charge in [0.05, 0.1) is 25.2 Å². The molecule has 8 nitrogen and oxygen atoms in total. The number of piperidine rings is 1. The Hall–Kier alpha value is -1.22. The molecule has 0 radical (unpaired) electrons. The summed E-state index contributed by atoms with van der Waals surface area (Å²) in [6.45, 7) is 6.41. The smallest absolute Gasteiger partial charge is 0.234 e. The van der Waals surface area contributed by atoms with Crippen molar-refractivity contribution in [3.05, 3.63) is 0 Å². The number of nitrogens with zero attached hydrogens (tertiary/aromatic N) is 2. The summed E-state index contributed by atoms with van der Waals surface area (Å²) < 4.78 is 10.3. The number of carbonyl (C=O) groups is 2. The summed E-state index contributed by atoms with van der Waals surface area (Å²) in [5.74, 6) is 0.214. The van der Waals surface area contributed by atoms with Crippen molar-refractivity contribution >= 4 is 11.8 Å². The lowest BCUT2D eigenvalue weighted by atomic mass is 9.78. The van der Waals surface area contributed by atoms with Crippen molar-refractivity contribution in [2.75, 3.05) is 79.8 Å². The van der Waals surface area contributed by atoms with Gasteiger partial charge in [-0.1, -0.05) is 0 Å². The molecule has 0 saturated carbocycles. The van der Waals surface area contributed by atoms with Crippen molar-refractivity contribution in [3.8, 4) is 0 Å². The number of ether oxygens (including phenoxy) is 2. The van der Waals surface area contributed by atoms with E-state index < -0.39 is 0 Å². The molecule has 2 saturated heterocycles. The molecule has 0 aromatic heterocycles. The molecule has 2 amide bonds. The summed E-state index contributed by atoms with van der Waals surface area (Å²) in [6, 6.07) is 0. The van der Waals surface area contributed by atoms with Gasteiger partial charge < -0.3 is 25.0 Å². The molecule has 144 valence electrons. The van der Waals surface area contributed by atoms with Gasteiger partial charge in [0.25, 0.3) is 0 Å². The third-order valence-electron chi connectivity index (χ3n) is 5.09. The maximum atomic E-state index is 13.1. The van der Waals surface area contributed by atoms with Crippen LogP contribution in [0.5, 0.6) is 0 Å². The molecule has 2 aliphatic rings. The first-order chi connectivity index (χ1) is 12.1. The van der Waals surface area contributed by atoms with Crippen LogP contribution in [0.2, 0.25) is 0 Å². The van der Waals surface area contributed by atoms with Gasteiger partial charge in [-0.25, -0.2) is 0 Å². The monoisotopic (exact) mass is 356 g/mol. The van der Waals surface area contributed by atoms with E-state index >= 15 is 0 Å². The predicted octanol–water partition coefficient (Wildman–Crippen LogP) is -1.09. The summed E-state index contributed by atoms with van der Waals surface area (Å²) in [5.41, 5.74) is -0.389. The van der Waals surface area contributed by atoms with Crippen molar-refractivity contribution < 1.29 is 19.1 Å². The van der Waals surface area contributed by atoms with E-state index in [0.717, 1.165) is 39.0 Å². The number of methoxy groups -OCH3 is 2. The van der Waals surface area contributed by atoms with E-state index in [1.165, 1.54) is 0 Å². The maximum absolute atomic E-state index is 13.1. The number of rotatable bonds is 8. The van der Waals surface area contributed by atoms with Gasteiger partial charge in [0.2, 0.25) is 11.8 Å². The van der Waals surface area contributed by atoms with E-state index in [4.69, 9.17) is 9.47 Å². The average Bonchev–Trinajstić information content (AvgIpc) is 2.63. The number of hydrogen-bond acceptors (Lipinski definition) is 6. The predicted molar refractivity (Wildman–Crippen MR) is 94.3 cm³/mol. The van der Waals surface area contributed by atoms with Crippen molar-refractivity contribution in [2.24, 2.45) is 5.41 Å². The van der Waals surface area contributed by atoms with Crippen molar-refractivity contribution in [2.45, 2.75) is 12.8 Å². The Morgan fingerprint density at radius 2 is 1.76 bits per heavy atom. The number of hydrogen-bond donors (Lipinski definition) is 2. The van der Waals surface area contributed by atoms with Crippen LogP contribution in [0.1, 0.15) is 12.8 Å². The molecule has 0 bridgehead atoms. The largest absolute Gasteiger partial charge is 0.384 e. The minimum atomic E-state index is -0.389. The zero-order chi connectivity index (χ0) is 18.1. The summed E-state index contributed by atoms with van der Waals surface area (Å²) >= 11 is 0. The lowest BCUT2D eigenvalue weighted by Crippen LogP contribution is -2.57. The van der Waals surface area contributed by atoms with E-state index in [1.54, 1.807) is 14.2 Å². The highest BCUT2D eigenvalue weighted by atomic mass is 16.5. The standard InChI is InChI=1S/C17H32N4O4/c1-24-12-7-19-15(22)13-20-8-10-21(11-9-20)16(23)17(14-25-2)3-5-18-6-4-17/h18H,3-14H2,1-2H3,(H,19,22). The van der Waals surface area contributed by atoms with Crippen molar-refractivity contribution in [3.63, 3.8) is 0 Å². The average molecular weight is 356 g/mol. The van der Waals surface area contributed by atoms with Crippen LogP contribution in [0.3, 0.4) is 0 Å². The summed E-state index contributed by atoms with van der Waals surface area (Å²) in [7, 11) is 3.28. The fourth-order valence-electron chi connectivity index (χ4n) is 3.60. The molecule has 0 aromatic carbocycles. The van der Waals surface area contributed by atoms with Crippen molar-refractivity contribution in [1.82, 2.24) is 20.4 Å². The lowest BCUT2D eigenvalue weighted by Gasteiger charge is -2.42. The van der Waals surface area contributed by atoms with E-state index in [0.29, 0.717) is 39.4 Å². The zero-order valence-corrected chi connectivity index (χ0v) is 15.5. The van der Waals surface area contributed by atoms with Crippen LogP contribution in [0, 0.1) is 5.41 Å². The van der Waals surface area contributed by atoms with Crippen LogP contribution >= 0.6 is 0 Å². The first-order valence-electron chi connectivity index (χ1n) is 9.08. The molecular formula is C17H32N4O4. The van der Waals surface area contributed by atoms with E-state index in [2.05, 4.69) is 15.5 Å². The first kappa shape index (κ1) is 20.1. The fourth-order valence-corrected chi connectivity index (χ4v) is 3.60. The number of carbonyl (C=O) groups excluding carboxylic acids is 2. The van der Waals surface area contributed by atoms with Crippen LogP contribution in [0.4, 0.5) is 0 Å². The van der Waals surface area contributed by atoms with Crippen LogP contribution < -0.4 is 10.6 Å². The van der Waals surface area contributed by atoms with Crippen molar-refractivity contribution in [1.29, 1.82) is 0 Å². The normalized spacial score (nSPS) is 21.1. The number of piperazine rings is 1. The minimum absolute atomic E-state index is 0.00559. The molecule has 2 aliphatic heterocycles. The van der Waals surface area contributed by atoms with Gasteiger partial charge in [-0.05, 0) is 25.9 Å². The summed E-state index contributed by atoms with van der Waals surface area (Å²) in [4.78, 5) is 29.0. The second kappa shape index (κ2) is 10.1. The Kier molecular flexibility index (Phi) is 8.08. The molecule has 8 heteroatoms. The number of amides is 2. The molecule has 0 atom stereocenters. The summed E-state index contributed by atoms with van der Waals surface area (Å²) in [6.07, 6.45) is 1.64. The molecule has 0 unspecified atom stereocenters. The van der Waals surface area contributed by atoms with E-state index in [-0.39, 0.29) is 17.2 Å². The van der Waals surface area contributed by atoms with Gasteiger partial charge in [0.15, 0.2) is 0 Å². The zero-order valence-electron chi connectivity index (χ0n) is 15.5. The van der Waals surface area contributed by atoms with Crippen LogP contribution in [0.25, 0.3) is 0 Å². The first-order valence-corrected chi connectivity index (χ1v) is 9.08. The Morgan fingerprint density at radius 1 is 1.08 bits per heavy atom. The molecule has 0 aliphatic carbocycles. The van der Waals surface area contributed by atoms with Crippen LogP contribution in [-0.4, -0.2) is 101 Å². The van der Waals surface area contributed by atoms with Gasteiger partial charge >= 0.3 is 0 Å². The van der Waals surface area contributed by atoms with Gasteiger partial charge in [0, 0.05) is 46.9 Å². The second-order valence-corrected chi connectivity index (χ2v) is 6.87. The molecule has 0 spiro atoms. The summed E-state index contributed by atoms with van der Waals surface area (Å²) in [5, 5.41) is 6.15. The molecule has 2 fully saturated rings. The van der Waals surface area contributed by atoms with Crippen LogP contribution in [0.15, 0.2) is 0 Å². The Balaban J connectivity index is 1.80. The van der Waals surface area contributed by atoms with E-state index in [9.17, 15) is 9.59 Å².